The van der Waals surface area contributed by atoms with Crippen LogP contribution < -0.4 is 10.2 Å². The second kappa shape index (κ2) is 8.59. The molecule has 2 aliphatic rings. The number of nitrogens with one attached hydrogen (secondary N) is 1. The largest absolute Gasteiger partial charge is 0.355 e. The third-order valence-corrected chi connectivity index (χ3v) is 5.57. The molecule has 1 aromatic heterocycles. The summed E-state index contributed by atoms with van der Waals surface area (Å²) in [6.45, 7) is 2.77. The fourth-order valence-electron chi connectivity index (χ4n) is 3.98. The quantitative estimate of drug-likeness (QED) is 0.759. The van der Waals surface area contributed by atoms with Gasteiger partial charge in [-0.1, -0.05) is 28.9 Å². The molecule has 7 heteroatoms. The predicted molar refractivity (Wildman–Crippen MR) is 109 cm³/mol. The normalized spacial score (nSPS) is 19.3. The minimum absolute atomic E-state index is 0.0396. The van der Waals surface area contributed by atoms with Crippen LogP contribution >= 0.6 is 0 Å². The molecule has 2 aromatic rings. The Labute approximate surface area is 170 Å². The van der Waals surface area contributed by atoms with Crippen molar-refractivity contribution in [2.24, 2.45) is 5.92 Å². The van der Waals surface area contributed by atoms with E-state index < -0.39 is 0 Å². The molecular formula is C22H26N4O3. The van der Waals surface area contributed by atoms with Crippen molar-refractivity contribution in [2.45, 2.75) is 45.4 Å². The molecule has 1 fully saturated rings. The first-order valence-corrected chi connectivity index (χ1v) is 10.3. The molecule has 2 amide bonds. The van der Waals surface area contributed by atoms with Crippen LogP contribution in [0.25, 0.3) is 11.4 Å². The van der Waals surface area contributed by atoms with Crippen LogP contribution in [0, 0.1) is 12.8 Å². The maximum atomic E-state index is 12.6. The number of amides is 2. The average molecular weight is 394 g/mol. The number of carbonyl (C=O) groups is 2. The van der Waals surface area contributed by atoms with Gasteiger partial charge >= 0.3 is 0 Å². The zero-order chi connectivity index (χ0) is 20.2. The highest BCUT2D eigenvalue weighted by Crippen LogP contribution is 2.28. The van der Waals surface area contributed by atoms with E-state index in [1.807, 2.05) is 24.3 Å². The van der Waals surface area contributed by atoms with Crippen LogP contribution in [0.4, 0.5) is 5.69 Å². The van der Waals surface area contributed by atoms with Crippen LogP contribution in [-0.4, -0.2) is 35.0 Å². The van der Waals surface area contributed by atoms with Gasteiger partial charge in [0, 0.05) is 37.7 Å². The van der Waals surface area contributed by atoms with Gasteiger partial charge in [-0.3, -0.25) is 9.59 Å². The van der Waals surface area contributed by atoms with E-state index >= 15 is 0 Å². The Kier molecular flexibility index (Phi) is 5.74. The van der Waals surface area contributed by atoms with Gasteiger partial charge in [-0.25, -0.2) is 0 Å². The zero-order valence-corrected chi connectivity index (χ0v) is 16.7. The molecule has 2 heterocycles. The number of hydrogen-bond donors (Lipinski definition) is 1. The third kappa shape index (κ3) is 4.55. The van der Waals surface area contributed by atoms with Gasteiger partial charge in [0.1, 0.15) is 0 Å². The maximum absolute atomic E-state index is 12.6. The third-order valence-electron chi connectivity index (χ3n) is 5.57. The Hall–Kier alpha value is -2.96. The van der Waals surface area contributed by atoms with E-state index in [9.17, 15) is 9.59 Å². The standard InChI is InChI=1S/C22H26N4O3/c1-15-24-21(25-29-15)17-8-5-9-19(12-17)26-14-18(13-20(26)27)22(28)23-11-10-16-6-3-2-4-7-16/h5-6,8-9,12,18H,2-4,7,10-11,13-14H2,1H3,(H,23,28). The summed E-state index contributed by atoms with van der Waals surface area (Å²) in [7, 11) is 0. The number of aromatic nitrogens is 2. The highest BCUT2D eigenvalue weighted by molar-refractivity contribution is 6.00. The molecule has 1 atom stereocenters. The smallest absolute Gasteiger partial charge is 0.227 e. The van der Waals surface area contributed by atoms with Crippen molar-refractivity contribution >= 4 is 17.5 Å². The van der Waals surface area contributed by atoms with Crippen molar-refractivity contribution in [3.8, 4) is 11.4 Å². The highest BCUT2D eigenvalue weighted by Gasteiger charge is 2.35. The molecule has 1 aromatic carbocycles. The SMILES string of the molecule is Cc1nc(-c2cccc(N3CC(C(=O)NCCC4=CCCCC4)CC3=O)c2)no1. The summed E-state index contributed by atoms with van der Waals surface area (Å²) < 4.78 is 5.04. The van der Waals surface area contributed by atoms with Crippen molar-refractivity contribution in [3.63, 3.8) is 0 Å². The first kappa shape index (κ1) is 19.4. The summed E-state index contributed by atoms with van der Waals surface area (Å²) in [4.78, 5) is 31.0. The molecule has 1 aliphatic heterocycles. The van der Waals surface area contributed by atoms with Crippen molar-refractivity contribution in [3.05, 3.63) is 41.8 Å². The van der Waals surface area contributed by atoms with Crippen LogP contribution in [0.3, 0.4) is 0 Å². The van der Waals surface area contributed by atoms with Gasteiger partial charge in [0.15, 0.2) is 0 Å². The Morgan fingerprint density at radius 1 is 1.34 bits per heavy atom. The van der Waals surface area contributed by atoms with Crippen LogP contribution in [-0.2, 0) is 9.59 Å². The molecule has 1 aliphatic carbocycles. The molecule has 0 radical (unpaired) electrons. The van der Waals surface area contributed by atoms with Gasteiger partial charge in [-0.05, 0) is 44.2 Å². The molecule has 0 saturated carbocycles. The second-order valence-electron chi connectivity index (χ2n) is 7.74. The number of hydrogen-bond acceptors (Lipinski definition) is 5. The van der Waals surface area contributed by atoms with Gasteiger partial charge < -0.3 is 14.7 Å². The highest BCUT2D eigenvalue weighted by atomic mass is 16.5. The molecule has 1 unspecified atom stereocenters. The van der Waals surface area contributed by atoms with E-state index in [1.54, 1.807) is 11.8 Å². The van der Waals surface area contributed by atoms with Gasteiger partial charge in [-0.15, -0.1) is 0 Å². The first-order valence-electron chi connectivity index (χ1n) is 10.3. The lowest BCUT2D eigenvalue weighted by molar-refractivity contribution is -0.126. The number of carbonyl (C=O) groups excluding carboxylic acids is 2. The number of benzene rings is 1. The average Bonchev–Trinajstić information content (AvgIpc) is 3.35. The molecule has 29 heavy (non-hydrogen) atoms. The fraction of sp³-hybridized carbons (Fsp3) is 0.455. The lowest BCUT2D eigenvalue weighted by Gasteiger charge is -2.17. The molecule has 1 saturated heterocycles. The minimum Gasteiger partial charge on any atom is -0.355 e. The molecule has 152 valence electrons. The van der Waals surface area contributed by atoms with Gasteiger partial charge in [0.25, 0.3) is 0 Å². The van der Waals surface area contributed by atoms with Crippen molar-refractivity contribution in [2.75, 3.05) is 18.0 Å². The number of rotatable bonds is 6. The second-order valence-corrected chi connectivity index (χ2v) is 7.74. The number of nitrogens with zero attached hydrogens (tertiary/aromatic N) is 3. The van der Waals surface area contributed by atoms with Crippen molar-refractivity contribution in [1.29, 1.82) is 0 Å². The molecule has 0 spiro atoms. The van der Waals surface area contributed by atoms with E-state index in [4.69, 9.17) is 4.52 Å². The Bertz CT molecular complexity index is 934. The van der Waals surface area contributed by atoms with Crippen molar-refractivity contribution in [1.82, 2.24) is 15.5 Å². The summed E-state index contributed by atoms with van der Waals surface area (Å²) in [6.07, 6.45) is 8.24. The van der Waals surface area contributed by atoms with E-state index in [-0.39, 0.29) is 24.2 Å². The first-order chi connectivity index (χ1) is 14.1. The van der Waals surface area contributed by atoms with Crippen LogP contribution in [0.5, 0.6) is 0 Å². The predicted octanol–water partition coefficient (Wildman–Crippen LogP) is 3.40. The minimum atomic E-state index is -0.320. The topological polar surface area (TPSA) is 88.3 Å². The van der Waals surface area contributed by atoms with Crippen LogP contribution in [0.1, 0.15) is 44.4 Å². The molecular weight excluding hydrogens is 368 g/mol. The lowest BCUT2D eigenvalue weighted by Crippen LogP contribution is -2.33. The Morgan fingerprint density at radius 2 is 2.24 bits per heavy atom. The van der Waals surface area contributed by atoms with E-state index in [2.05, 4.69) is 21.5 Å². The summed E-state index contributed by atoms with van der Waals surface area (Å²) in [5, 5.41) is 6.94. The summed E-state index contributed by atoms with van der Waals surface area (Å²) >= 11 is 0. The molecule has 7 nitrogen and oxygen atoms in total. The number of aryl methyl sites for hydroxylation is 1. The van der Waals surface area contributed by atoms with E-state index in [0.29, 0.717) is 24.8 Å². The van der Waals surface area contributed by atoms with Crippen LogP contribution in [0.2, 0.25) is 0 Å². The lowest BCUT2D eigenvalue weighted by atomic mass is 9.97. The zero-order valence-electron chi connectivity index (χ0n) is 16.7. The van der Waals surface area contributed by atoms with Gasteiger partial charge in [0.2, 0.25) is 23.5 Å². The van der Waals surface area contributed by atoms with Crippen molar-refractivity contribution < 1.29 is 14.1 Å². The fourth-order valence-corrected chi connectivity index (χ4v) is 3.98. The Morgan fingerprint density at radius 3 is 3.00 bits per heavy atom. The summed E-state index contributed by atoms with van der Waals surface area (Å²) in [5.74, 6) is 0.577. The summed E-state index contributed by atoms with van der Waals surface area (Å²) in [5.41, 5.74) is 2.97. The molecule has 0 bridgehead atoms. The number of anilines is 1. The van der Waals surface area contributed by atoms with Gasteiger partial charge in [0.05, 0.1) is 5.92 Å². The van der Waals surface area contributed by atoms with E-state index in [0.717, 1.165) is 30.5 Å². The molecule has 1 N–H and O–H groups in total. The Balaban J connectivity index is 1.36. The van der Waals surface area contributed by atoms with Crippen LogP contribution in [0.15, 0.2) is 40.4 Å². The van der Waals surface area contributed by atoms with E-state index in [1.165, 1.54) is 18.4 Å². The molecule has 4 rings (SSSR count). The van der Waals surface area contributed by atoms with Gasteiger partial charge in [-0.2, -0.15) is 4.98 Å². The maximum Gasteiger partial charge on any atom is 0.227 e. The summed E-state index contributed by atoms with van der Waals surface area (Å²) in [6, 6.07) is 7.45. The number of allylic oxidation sites excluding steroid dienone is 1. The monoisotopic (exact) mass is 394 g/mol.